The van der Waals surface area contributed by atoms with Gasteiger partial charge in [-0.2, -0.15) is 5.10 Å². The van der Waals surface area contributed by atoms with E-state index in [9.17, 15) is 0 Å². The molecule has 3 heteroatoms. The summed E-state index contributed by atoms with van der Waals surface area (Å²) in [6.45, 7) is 12.6. The Morgan fingerprint density at radius 1 is 1.36 bits per heavy atom. The molecule has 1 unspecified atom stereocenters. The second kappa shape index (κ2) is 4.60. The lowest BCUT2D eigenvalue weighted by Crippen LogP contribution is -2.19. The topological polar surface area (TPSA) is 29.9 Å². The standard InChI is InChI=1S/C11H21N3/c1-6-12-8(3)11-9(4)13-14(7-2)10(11)5/h8,12H,6-7H2,1-5H3. The highest BCUT2D eigenvalue weighted by Gasteiger charge is 2.15. The van der Waals surface area contributed by atoms with Gasteiger partial charge in [0.1, 0.15) is 0 Å². The number of hydrogen-bond donors (Lipinski definition) is 1. The van der Waals surface area contributed by atoms with Gasteiger partial charge in [0.2, 0.25) is 0 Å². The van der Waals surface area contributed by atoms with E-state index >= 15 is 0 Å². The van der Waals surface area contributed by atoms with Gasteiger partial charge >= 0.3 is 0 Å². The Balaban J connectivity index is 3.01. The molecular formula is C11H21N3. The normalized spacial score (nSPS) is 13.2. The van der Waals surface area contributed by atoms with E-state index in [1.54, 1.807) is 0 Å². The molecule has 1 rings (SSSR count). The van der Waals surface area contributed by atoms with Gasteiger partial charge in [-0.3, -0.25) is 4.68 Å². The monoisotopic (exact) mass is 195 g/mol. The Morgan fingerprint density at radius 3 is 2.43 bits per heavy atom. The van der Waals surface area contributed by atoms with Crippen LogP contribution in [0.25, 0.3) is 0 Å². The number of aromatic nitrogens is 2. The van der Waals surface area contributed by atoms with E-state index in [4.69, 9.17) is 0 Å². The molecule has 0 bridgehead atoms. The van der Waals surface area contributed by atoms with E-state index in [2.05, 4.69) is 49.7 Å². The third-order valence-corrected chi connectivity index (χ3v) is 2.68. The largest absolute Gasteiger partial charge is 0.310 e. The third-order valence-electron chi connectivity index (χ3n) is 2.68. The van der Waals surface area contributed by atoms with Gasteiger partial charge in [-0.1, -0.05) is 6.92 Å². The van der Waals surface area contributed by atoms with Crippen molar-refractivity contribution in [1.29, 1.82) is 0 Å². The van der Waals surface area contributed by atoms with Crippen LogP contribution in [0.5, 0.6) is 0 Å². The van der Waals surface area contributed by atoms with Crippen LogP contribution in [-0.4, -0.2) is 16.3 Å². The van der Waals surface area contributed by atoms with Crippen LogP contribution in [0, 0.1) is 13.8 Å². The van der Waals surface area contributed by atoms with Crippen molar-refractivity contribution < 1.29 is 0 Å². The number of nitrogens with one attached hydrogen (secondary N) is 1. The maximum Gasteiger partial charge on any atom is 0.0644 e. The van der Waals surface area contributed by atoms with Crippen molar-refractivity contribution in [3.8, 4) is 0 Å². The van der Waals surface area contributed by atoms with Crippen LogP contribution in [-0.2, 0) is 6.54 Å². The number of hydrogen-bond acceptors (Lipinski definition) is 2. The van der Waals surface area contributed by atoms with Crippen molar-refractivity contribution in [3.05, 3.63) is 17.0 Å². The fourth-order valence-electron chi connectivity index (χ4n) is 2.05. The lowest BCUT2D eigenvalue weighted by atomic mass is 10.1. The predicted octanol–water partition coefficient (Wildman–Crippen LogP) is 2.19. The number of aryl methyl sites for hydroxylation is 2. The van der Waals surface area contributed by atoms with Crippen molar-refractivity contribution in [2.75, 3.05) is 6.54 Å². The first-order valence-corrected chi connectivity index (χ1v) is 5.39. The van der Waals surface area contributed by atoms with Gasteiger partial charge in [0.05, 0.1) is 5.69 Å². The number of rotatable bonds is 4. The zero-order valence-corrected chi connectivity index (χ0v) is 9.89. The van der Waals surface area contributed by atoms with Crippen molar-refractivity contribution >= 4 is 0 Å². The molecule has 1 heterocycles. The fraction of sp³-hybridized carbons (Fsp3) is 0.727. The molecular weight excluding hydrogens is 174 g/mol. The van der Waals surface area contributed by atoms with Crippen LogP contribution < -0.4 is 5.32 Å². The summed E-state index contributed by atoms with van der Waals surface area (Å²) in [5, 5.41) is 7.94. The molecule has 0 radical (unpaired) electrons. The van der Waals surface area contributed by atoms with Crippen LogP contribution in [0.15, 0.2) is 0 Å². The van der Waals surface area contributed by atoms with Crippen LogP contribution in [0.4, 0.5) is 0 Å². The zero-order chi connectivity index (χ0) is 10.7. The van der Waals surface area contributed by atoms with E-state index in [1.165, 1.54) is 11.3 Å². The molecule has 3 nitrogen and oxygen atoms in total. The Labute approximate surface area is 86.5 Å². The fourth-order valence-corrected chi connectivity index (χ4v) is 2.05. The van der Waals surface area contributed by atoms with Gasteiger partial charge in [-0.15, -0.1) is 0 Å². The molecule has 0 aliphatic rings. The number of nitrogens with zero attached hydrogens (tertiary/aromatic N) is 2. The highest BCUT2D eigenvalue weighted by Crippen LogP contribution is 2.20. The van der Waals surface area contributed by atoms with Crippen LogP contribution in [0.2, 0.25) is 0 Å². The minimum absolute atomic E-state index is 0.403. The molecule has 1 aromatic rings. The summed E-state index contributed by atoms with van der Waals surface area (Å²) in [7, 11) is 0. The summed E-state index contributed by atoms with van der Waals surface area (Å²) in [6, 6.07) is 0.403. The van der Waals surface area contributed by atoms with Crippen LogP contribution in [0.3, 0.4) is 0 Å². The summed E-state index contributed by atoms with van der Waals surface area (Å²) >= 11 is 0. The lowest BCUT2D eigenvalue weighted by Gasteiger charge is -2.13. The molecule has 0 saturated heterocycles. The highest BCUT2D eigenvalue weighted by molar-refractivity contribution is 5.27. The Morgan fingerprint density at radius 2 is 2.00 bits per heavy atom. The average Bonchev–Trinajstić information content (AvgIpc) is 2.41. The van der Waals surface area contributed by atoms with E-state index in [1.807, 2.05) is 0 Å². The molecule has 14 heavy (non-hydrogen) atoms. The average molecular weight is 195 g/mol. The summed E-state index contributed by atoms with van der Waals surface area (Å²) in [5.74, 6) is 0. The molecule has 0 aromatic carbocycles. The second-order valence-electron chi connectivity index (χ2n) is 3.68. The molecule has 0 aliphatic carbocycles. The van der Waals surface area contributed by atoms with Crippen molar-refractivity contribution in [3.63, 3.8) is 0 Å². The molecule has 0 spiro atoms. The van der Waals surface area contributed by atoms with E-state index in [-0.39, 0.29) is 0 Å². The van der Waals surface area contributed by atoms with Crippen molar-refractivity contribution in [2.24, 2.45) is 0 Å². The summed E-state index contributed by atoms with van der Waals surface area (Å²) in [4.78, 5) is 0. The molecule has 0 saturated carbocycles. The van der Waals surface area contributed by atoms with Crippen molar-refractivity contribution in [1.82, 2.24) is 15.1 Å². The Kier molecular flexibility index (Phi) is 3.69. The zero-order valence-electron chi connectivity index (χ0n) is 9.89. The van der Waals surface area contributed by atoms with E-state index < -0.39 is 0 Å². The van der Waals surface area contributed by atoms with E-state index in [0.29, 0.717) is 6.04 Å². The summed E-state index contributed by atoms with van der Waals surface area (Å²) in [6.07, 6.45) is 0. The van der Waals surface area contributed by atoms with E-state index in [0.717, 1.165) is 18.8 Å². The molecule has 0 fully saturated rings. The molecule has 1 N–H and O–H groups in total. The van der Waals surface area contributed by atoms with Gasteiger partial charge in [0.15, 0.2) is 0 Å². The highest BCUT2D eigenvalue weighted by atomic mass is 15.3. The molecule has 80 valence electrons. The third kappa shape index (κ3) is 1.98. The first-order chi connectivity index (χ1) is 6.61. The molecule has 0 amide bonds. The quantitative estimate of drug-likeness (QED) is 0.798. The Hall–Kier alpha value is -0.830. The first kappa shape index (κ1) is 11.2. The molecule has 1 aromatic heterocycles. The SMILES string of the molecule is CCNC(C)c1c(C)nn(CC)c1C. The summed E-state index contributed by atoms with van der Waals surface area (Å²) < 4.78 is 2.07. The second-order valence-corrected chi connectivity index (χ2v) is 3.68. The predicted molar refractivity (Wildman–Crippen MR) is 59.5 cm³/mol. The minimum Gasteiger partial charge on any atom is -0.310 e. The van der Waals surface area contributed by atoms with Crippen LogP contribution in [0.1, 0.15) is 43.8 Å². The maximum atomic E-state index is 4.51. The Bertz CT molecular complexity index is 302. The van der Waals surface area contributed by atoms with Gasteiger partial charge in [0, 0.05) is 23.8 Å². The van der Waals surface area contributed by atoms with Gasteiger partial charge in [0.25, 0.3) is 0 Å². The maximum absolute atomic E-state index is 4.51. The molecule has 1 atom stereocenters. The molecule has 0 aliphatic heterocycles. The first-order valence-electron chi connectivity index (χ1n) is 5.39. The van der Waals surface area contributed by atoms with Gasteiger partial charge in [-0.05, 0) is 34.2 Å². The smallest absolute Gasteiger partial charge is 0.0644 e. The summed E-state index contributed by atoms with van der Waals surface area (Å²) in [5.41, 5.74) is 3.80. The van der Waals surface area contributed by atoms with Gasteiger partial charge in [-0.25, -0.2) is 0 Å². The van der Waals surface area contributed by atoms with Crippen molar-refractivity contribution in [2.45, 2.75) is 47.2 Å². The lowest BCUT2D eigenvalue weighted by molar-refractivity contribution is 0.587. The minimum atomic E-state index is 0.403. The van der Waals surface area contributed by atoms with Gasteiger partial charge < -0.3 is 5.32 Å². The van der Waals surface area contributed by atoms with Crippen LogP contribution >= 0.6 is 0 Å².